The highest BCUT2D eigenvalue weighted by Gasteiger charge is 2.37. The zero-order chi connectivity index (χ0) is 18.7. The first-order valence-electron chi connectivity index (χ1n) is 9.00. The Bertz CT molecular complexity index is 732. The summed E-state index contributed by atoms with van der Waals surface area (Å²) < 4.78 is 32.0. The molecule has 26 heavy (non-hydrogen) atoms. The lowest BCUT2D eigenvalue weighted by atomic mass is 10.0. The lowest BCUT2D eigenvalue weighted by Gasteiger charge is -2.42. The highest BCUT2D eigenvalue weighted by Crippen LogP contribution is 2.26. The smallest absolute Gasteiger partial charge is 0.257 e. The van der Waals surface area contributed by atoms with Crippen molar-refractivity contribution < 1.29 is 17.9 Å². The zero-order valence-corrected chi connectivity index (χ0v) is 16.1. The molecule has 0 saturated carbocycles. The molecule has 2 fully saturated rings. The summed E-state index contributed by atoms with van der Waals surface area (Å²) in [7, 11) is -3.37. The molecule has 3 heterocycles. The van der Waals surface area contributed by atoms with Crippen LogP contribution in [0.1, 0.15) is 41.9 Å². The van der Waals surface area contributed by atoms with Gasteiger partial charge in [0.25, 0.3) is 5.91 Å². The lowest BCUT2D eigenvalue weighted by molar-refractivity contribution is 0.0342. The number of aromatic nitrogens is 2. The van der Waals surface area contributed by atoms with Crippen LogP contribution < -0.4 is 0 Å². The average Bonchev–Trinajstić information content (AvgIpc) is 2.62. The fraction of sp³-hybridized carbons (Fsp3) is 0.706. The van der Waals surface area contributed by atoms with E-state index in [0.717, 1.165) is 12.8 Å². The largest absolute Gasteiger partial charge is 0.381 e. The molecule has 8 nitrogen and oxygen atoms in total. The van der Waals surface area contributed by atoms with E-state index in [4.69, 9.17) is 4.74 Å². The molecule has 0 aliphatic carbocycles. The van der Waals surface area contributed by atoms with Crippen molar-refractivity contribution in [1.82, 2.24) is 19.2 Å². The summed E-state index contributed by atoms with van der Waals surface area (Å²) in [6.07, 6.45) is 7.25. The van der Waals surface area contributed by atoms with Crippen LogP contribution in [0, 0.1) is 6.92 Å². The van der Waals surface area contributed by atoms with E-state index < -0.39 is 10.0 Å². The molecule has 2 aliphatic heterocycles. The number of piperidine rings is 1. The maximum Gasteiger partial charge on any atom is 0.257 e. The van der Waals surface area contributed by atoms with Crippen LogP contribution in [0.15, 0.2) is 12.4 Å². The van der Waals surface area contributed by atoms with E-state index in [1.54, 1.807) is 16.1 Å². The van der Waals surface area contributed by atoms with Crippen LogP contribution in [-0.4, -0.2) is 78.1 Å². The van der Waals surface area contributed by atoms with Gasteiger partial charge < -0.3 is 9.64 Å². The Labute approximate surface area is 154 Å². The van der Waals surface area contributed by atoms with Crippen LogP contribution in [0.2, 0.25) is 0 Å². The Balaban J connectivity index is 1.76. The average molecular weight is 382 g/mol. The summed E-state index contributed by atoms with van der Waals surface area (Å²) in [6.45, 7) is 3.94. The maximum atomic E-state index is 12.8. The van der Waals surface area contributed by atoms with Gasteiger partial charge in [-0.25, -0.2) is 18.4 Å². The van der Waals surface area contributed by atoms with Crippen LogP contribution in [0.25, 0.3) is 0 Å². The summed E-state index contributed by atoms with van der Waals surface area (Å²) in [5, 5.41) is 0. The minimum absolute atomic E-state index is 0.0542. The molecular formula is C17H26N4O4S. The predicted molar refractivity (Wildman–Crippen MR) is 96.2 cm³/mol. The Kier molecular flexibility index (Phi) is 5.89. The number of aryl methyl sites for hydroxylation is 1. The zero-order valence-electron chi connectivity index (χ0n) is 15.3. The van der Waals surface area contributed by atoms with Gasteiger partial charge in [-0.05, 0) is 32.6 Å². The second-order valence-corrected chi connectivity index (χ2v) is 8.89. The van der Waals surface area contributed by atoms with E-state index in [0.29, 0.717) is 50.5 Å². The number of nitrogens with zero attached hydrogens (tertiary/aromatic N) is 4. The molecule has 1 unspecified atom stereocenters. The molecule has 1 aromatic rings. The number of ether oxygens (including phenoxy) is 1. The molecule has 1 amide bonds. The van der Waals surface area contributed by atoms with E-state index in [9.17, 15) is 13.2 Å². The molecule has 0 N–H and O–H groups in total. The summed E-state index contributed by atoms with van der Waals surface area (Å²) in [6, 6.07) is -0.251. The first-order valence-corrected chi connectivity index (χ1v) is 10.9. The molecule has 0 radical (unpaired) electrons. The quantitative estimate of drug-likeness (QED) is 0.766. The predicted octanol–water partition coefficient (Wildman–Crippen LogP) is 0.830. The number of hydrogen-bond donors (Lipinski definition) is 0. The topological polar surface area (TPSA) is 92.7 Å². The van der Waals surface area contributed by atoms with Crippen LogP contribution in [-0.2, 0) is 14.8 Å². The van der Waals surface area contributed by atoms with Crippen molar-refractivity contribution in [2.45, 2.75) is 44.7 Å². The Hall–Kier alpha value is -1.58. The minimum atomic E-state index is -3.37. The van der Waals surface area contributed by atoms with Gasteiger partial charge in [0.1, 0.15) is 5.82 Å². The van der Waals surface area contributed by atoms with E-state index in [2.05, 4.69) is 9.97 Å². The third-order valence-corrected chi connectivity index (χ3v) is 6.37. The number of sulfonamides is 1. The second-order valence-electron chi connectivity index (χ2n) is 7.00. The first kappa shape index (κ1) is 19.2. The molecule has 0 aromatic carbocycles. The Morgan fingerprint density at radius 2 is 1.85 bits per heavy atom. The number of hydrogen-bond acceptors (Lipinski definition) is 6. The van der Waals surface area contributed by atoms with Gasteiger partial charge in [0.15, 0.2) is 0 Å². The van der Waals surface area contributed by atoms with Crippen LogP contribution in [0.3, 0.4) is 0 Å². The molecule has 3 rings (SSSR count). The number of likely N-dealkylation sites (tertiary alicyclic amines) is 1. The fourth-order valence-corrected chi connectivity index (χ4v) is 5.28. The highest BCUT2D eigenvalue weighted by molar-refractivity contribution is 7.88. The minimum Gasteiger partial charge on any atom is -0.381 e. The summed E-state index contributed by atoms with van der Waals surface area (Å²) in [5.41, 5.74) is 0.438. The van der Waals surface area contributed by atoms with Crippen LogP contribution >= 0.6 is 0 Å². The molecule has 2 saturated heterocycles. The Morgan fingerprint density at radius 3 is 2.46 bits per heavy atom. The van der Waals surface area contributed by atoms with Crippen LogP contribution in [0.5, 0.6) is 0 Å². The van der Waals surface area contributed by atoms with Gasteiger partial charge >= 0.3 is 0 Å². The van der Waals surface area contributed by atoms with Crippen molar-refractivity contribution in [3.8, 4) is 0 Å². The molecule has 0 spiro atoms. The molecule has 144 valence electrons. The van der Waals surface area contributed by atoms with Gasteiger partial charge in [-0.2, -0.15) is 4.31 Å². The SMILES string of the molecule is Cc1ncc(C(=O)N2CCCC(N(C3CCOCC3)S(C)(=O)=O)C2)cn1. The normalized spacial score (nSPS) is 22.6. The van der Waals surface area contributed by atoms with E-state index >= 15 is 0 Å². The molecule has 0 bridgehead atoms. The Morgan fingerprint density at radius 1 is 1.19 bits per heavy atom. The van der Waals surface area contributed by atoms with Crippen molar-refractivity contribution >= 4 is 15.9 Å². The summed E-state index contributed by atoms with van der Waals surface area (Å²) in [4.78, 5) is 22.7. The van der Waals surface area contributed by atoms with Crippen LogP contribution in [0.4, 0.5) is 0 Å². The third-order valence-electron chi connectivity index (χ3n) is 5.01. The van der Waals surface area contributed by atoms with Gasteiger partial charge in [-0.15, -0.1) is 0 Å². The van der Waals surface area contributed by atoms with Gasteiger partial charge in [-0.3, -0.25) is 4.79 Å². The van der Waals surface area contributed by atoms with Gasteiger partial charge in [-0.1, -0.05) is 0 Å². The van der Waals surface area contributed by atoms with Crippen molar-refractivity contribution in [3.63, 3.8) is 0 Å². The third kappa shape index (κ3) is 4.39. The lowest BCUT2D eigenvalue weighted by Crippen LogP contribution is -2.55. The number of amides is 1. The van der Waals surface area contributed by atoms with Crippen molar-refractivity contribution in [2.24, 2.45) is 0 Å². The van der Waals surface area contributed by atoms with E-state index in [1.807, 2.05) is 0 Å². The first-order chi connectivity index (χ1) is 12.4. The molecule has 1 atom stereocenters. The van der Waals surface area contributed by atoms with Crippen molar-refractivity contribution in [1.29, 1.82) is 0 Å². The number of carbonyl (C=O) groups excluding carboxylic acids is 1. The van der Waals surface area contributed by atoms with E-state index in [1.165, 1.54) is 18.6 Å². The molecule has 2 aliphatic rings. The summed E-state index contributed by atoms with van der Waals surface area (Å²) in [5.74, 6) is 0.468. The van der Waals surface area contributed by atoms with Gasteiger partial charge in [0, 0.05) is 50.8 Å². The monoisotopic (exact) mass is 382 g/mol. The second kappa shape index (κ2) is 7.98. The number of carbonyl (C=O) groups is 1. The van der Waals surface area contributed by atoms with Gasteiger partial charge in [0.05, 0.1) is 11.8 Å². The standard InChI is InChI=1S/C17H26N4O4S/c1-13-18-10-14(11-19-13)17(22)20-7-3-4-16(12-20)21(26(2,23)24)15-5-8-25-9-6-15/h10-11,15-16H,3-9,12H2,1-2H3. The fourth-order valence-electron chi connectivity index (χ4n) is 3.81. The van der Waals surface area contributed by atoms with Crippen molar-refractivity contribution in [2.75, 3.05) is 32.6 Å². The van der Waals surface area contributed by atoms with E-state index in [-0.39, 0.29) is 18.0 Å². The highest BCUT2D eigenvalue weighted by atomic mass is 32.2. The molecule has 9 heteroatoms. The van der Waals surface area contributed by atoms with Gasteiger partial charge in [0.2, 0.25) is 10.0 Å². The number of rotatable bonds is 4. The maximum absolute atomic E-state index is 12.8. The molecular weight excluding hydrogens is 356 g/mol. The molecule has 1 aromatic heterocycles. The van der Waals surface area contributed by atoms with Crippen molar-refractivity contribution in [3.05, 3.63) is 23.8 Å². The summed E-state index contributed by atoms with van der Waals surface area (Å²) >= 11 is 0.